The van der Waals surface area contributed by atoms with Crippen molar-refractivity contribution in [3.8, 4) is 5.88 Å². The van der Waals surface area contributed by atoms with Crippen molar-refractivity contribution in [2.75, 3.05) is 18.6 Å². The summed E-state index contributed by atoms with van der Waals surface area (Å²) in [5.74, 6) is -1.33. The Balaban J connectivity index is 1.59. The Hall–Kier alpha value is -4.25. The smallest absolute Gasteiger partial charge is 0.326 e. The Morgan fingerprint density at radius 3 is 2.33 bits per heavy atom. The normalized spacial score (nSPS) is 12.5. The predicted molar refractivity (Wildman–Crippen MR) is 157 cm³/mol. The number of H-pyrrole nitrogens is 1. The van der Waals surface area contributed by atoms with Gasteiger partial charge < -0.3 is 20.1 Å². The molecule has 0 saturated carbocycles. The molecule has 0 fully saturated rings. The first-order valence-electron chi connectivity index (χ1n) is 13.4. The summed E-state index contributed by atoms with van der Waals surface area (Å²) in [6.07, 6.45) is 4.74. The van der Waals surface area contributed by atoms with E-state index < -0.39 is 17.9 Å². The van der Waals surface area contributed by atoms with Gasteiger partial charge in [0, 0.05) is 18.0 Å². The van der Waals surface area contributed by atoms with Gasteiger partial charge in [0.05, 0.1) is 5.92 Å². The van der Waals surface area contributed by atoms with Crippen molar-refractivity contribution in [3.05, 3.63) is 112 Å². The molecule has 8 nitrogen and oxygen atoms in total. The molecule has 2 aromatic heterocycles. The molecule has 42 heavy (non-hydrogen) atoms. The van der Waals surface area contributed by atoms with Gasteiger partial charge in [0.25, 0.3) is 5.91 Å². The maximum absolute atomic E-state index is 13.6. The fraction of sp³-hybridized carbons (Fsp3) is 0.290. The maximum atomic E-state index is 13.6. The number of nitrogens with one attached hydrogen (secondary N) is 2. The van der Waals surface area contributed by atoms with Gasteiger partial charge in [-0.2, -0.15) is 11.8 Å². The van der Waals surface area contributed by atoms with Gasteiger partial charge in [-0.05, 0) is 79.2 Å². The van der Waals surface area contributed by atoms with Gasteiger partial charge in [0.2, 0.25) is 5.88 Å². The number of carboxylic acids is 1. The minimum atomic E-state index is -1.13. The molecular formula is C31H32F2N4O4S. The number of aryl methyl sites for hydroxylation is 3. The van der Waals surface area contributed by atoms with E-state index in [9.17, 15) is 23.5 Å². The van der Waals surface area contributed by atoms with Crippen LogP contribution in [0.5, 0.6) is 5.88 Å². The average Bonchev–Trinajstić information content (AvgIpc) is 3.41. The van der Waals surface area contributed by atoms with Crippen LogP contribution in [-0.2, 0) is 17.6 Å². The van der Waals surface area contributed by atoms with Crippen LogP contribution in [0.15, 0.2) is 66.9 Å². The number of hydrogen-bond donors (Lipinski definition) is 3. The number of halogens is 2. The average molecular weight is 595 g/mol. The van der Waals surface area contributed by atoms with Gasteiger partial charge in [-0.25, -0.2) is 23.5 Å². The number of ether oxygens (including phenoxy) is 1. The lowest BCUT2D eigenvalue weighted by Gasteiger charge is -2.18. The van der Waals surface area contributed by atoms with Crippen molar-refractivity contribution in [1.29, 1.82) is 0 Å². The number of nitrogens with zero attached hydrogens (tertiary/aromatic N) is 2. The number of imidazole rings is 1. The summed E-state index contributed by atoms with van der Waals surface area (Å²) in [6, 6.07) is 14.5. The second-order valence-corrected chi connectivity index (χ2v) is 10.8. The van der Waals surface area contributed by atoms with Crippen LogP contribution >= 0.6 is 11.8 Å². The monoisotopic (exact) mass is 594 g/mol. The highest BCUT2D eigenvalue weighted by molar-refractivity contribution is 7.98. The lowest BCUT2D eigenvalue weighted by Crippen LogP contribution is -2.41. The zero-order chi connectivity index (χ0) is 30.1. The van der Waals surface area contributed by atoms with Crippen molar-refractivity contribution in [3.63, 3.8) is 0 Å². The van der Waals surface area contributed by atoms with Crippen molar-refractivity contribution < 1.29 is 28.2 Å². The zero-order valence-electron chi connectivity index (χ0n) is 23.3. The van der Waals surface area contributed by atoms with Crippen LogP contribution in [0.25, 0.3) is 0 Å². The minimum Gasteiger partial charge on any atom is -0.480 e. The summed E-state index contributed by atoms with van der Waals surface area (Å²) in [5.41, 5.74) is 3.10. The fourth-order valence-electron chi connectivity index (χ4n) is 4.44. The van der Waals surface area contributed by atoms with Crippen LogP contribution in [0.2, 0.25) is 0 Å². The van der Waals surface area contributed by atoms with E-state index in [0.717, 1.165) is 16.8 Å². The van der Waals surface area contributed by atoms with Crippen LogP contribution in [0.4, 0.5) is 8.78 Å². The number of carbonyl (C=O) groups is 2. The third-order valence-corrected chi connectivity index (χ3v) is 7.39. The van der Waals surface area contributed by atoms with E-state index in [0.29, 0.717) is 30.0 Å². The molecule has 4 rings (SSSR count). The summed E-state index contributed by atoms with van der Waals surface area (Å²) in [6.45, 7) is 1.94. The molecule has 1 amide bonds. The molecule has 0 aliphatic heterocycles. The molecule has 2 aromatic carbocycles. The van der Waals surface area contributed by atoms with Crippen LogP contribution in [0.3, 0.4) is 0 Å². The number of aliphatic carboxylic acids is 1. The summed E-state index contributed by atoms with van der Waals surface area (Å²) >= 11 is 1.49. The molecule has 0 saturated heterocycles. The Morgan fingerprint density at radius 1 is 1.02 bits per heavy atom. The SMILES string of the molecule is CSCC[C@H](NC(=O)c1nc(OCC(c2ccc(F)cc2)c2cnc(C)[nH]2)ccc1CCc1ccc(F)cc1)C(=O)O. The van der Waals surface area contributed by atoms with Gasteiger partial charge in [-0.1, -0.05) is 30.3 Å². The molecule has 1 unspecified atom stereocenters. The number of hydrogen-bond acceptors (Lipinski definition) is 6. The molecule has 11 heteroatoms. The number of thioether (sulfide) groups is 1. The minimum absolute atomic E-state index is 0.0562. The molecular weight excluding hydrogens is 562 g/mol. The number of aromatic amines is 1. The van der Waals surface area contributed by atoms with Gasteiger partial charge >= 0.3 is 5.97 Å². The molecule has 0 aliphatic rings. The quantitative estimate of drug-likeness (QED) is 0.181. The van der Waals surface area contributed by atoms with E-state index in [4.69, 9.17) is 4.74 Å². The summed E-state index contributed by atoms with van der Waals surface area (Å²) < 4.78 is 33.0. The topological polar surface area (TPSA) is 117 Å². The second kappa shape index (κ2) is 14.6. The Morgan fingerprint density at radius 2 is 1.71 bits per heavy atom. The number of rotatable bonds is 14. The number of pyridine rings is 1. The van der Waals surface area contributed by atoms with E-state index in [1.807, 2.05) is 13.2 Å². The number of carbonyl (C=O) groups excluding carboxylic acids is 1. The van der Waals surface area contributed by atoms with Gasteiger partial charge in [0.15, 0.2) is 0 Å². The van der Waals surface area contributed by atoms with Crippen molar-refractivity contribution in [2.45, 2.75) is 38.1 Å². The first kappa shape index (κ1) is 30.7. The van der Waals surface area contributed by atoms with E-state index in [1.165, 1.54) is 36.0 Å². The maximum Gasteiger partial charge on any atom is 0.326 e. The lowest BCUT2D eigenvalue weighted by atomic mass is 9.97. The fourth-order valence-corrected chi connectivity index (χ4v) is 4.92. The molecule has 2 heterocycles. The largest absolute Gasteiger partial charge is 0.480 e. The molecule has 0 spiro atoms. The van der Waals surface area contributed by atoms with Gasteiger partial charge in [0.1, 0.15) is 35.8 Å². The highest BCUT2D eigenvalue weighted by Crippen LogP contribution is 2.26. The second-order valence-electron chi connectivity index (χ2n) is 9.77. The van der Waals surface area contributed by atoms with Crippen molar-refractivity contribution in [2.24, 2.45) is 0 Å². The van der Waals surface area contributed by atoms with E-state index in [2.05, 4.69) is 20.3 Å². The Labute approximate surface area is 247 Å². The van der Waals surface area contributed by atoms with Crippen LogP contribution in [0, 0.1) is 18.6 Å². The first-order valence-corrected chi connectivity index (χ1v) is 14.8. The van der Waals surface area contributed by atoms with E-state index >= 15 is 0 Å². The molecule has 2 atom stereocenters. The van der Waals surface area contributed by atoms with E-state index in [1.54, 1.807) is 42.6 Å². The lowest BCUT2D eigenvalue weighted by molar-refractivity contribution is -0.139. The number of aromatic nitrogens is 3. The highest BCUT2D eigenvalue weighted by atomic mass is 32.2. The van der Waals surface area contributed by atoms with Crippen molar-refractivity contribution >= 4 is 23.6 Å². The summed E-state index contributed by atoms with van der Waals surface area (Å²) in [4.78, 5) is 37.1. The van der Waals surface area contributed by atoms with Crippen LogP contribution in [-0.4, -0.2) is 56.6 Å². The van der Waals surface area contributed by atoms with E-state index in [-0.39, 0.29) is 42.2 Å². The molecule has 0 bridgehead atoms. The summed E-state index contributed by atoms with van der Waals surface area (Å²) in [7, 11) is 0. The number of benzene rings is 2. The standard InChI is InChI=1S/C31H32F2N4O4S/c1-19-34-17-27(35-19)25(21-7-12-24(33)13-8-21)18-41-28-14-9-22(6-3-20-4-10-23(32)11-5-20)29(37-28)30(38)36-26(31(39)40)15-16-42-2/h4-5,7-14,17,25-26H,3,6,15-16,18H2,1-2H3,(H,34,35)(H,36,38)(H,39,40)/t25?,26-/m0/s1. The Bertz CT molecular complexity index is 1500. The van der Waals surface area contributed by atoms with Crippen LogP contribution in [0.1, 0.15) is 51.0 Å². The van der Waals surface area contributed by atoms with Crippen LogP contribution < -0.4 is 10.1 Å². The molecule has 220 valence electrons. The predicted octanol–water partition coefficient (Wildman–Crippen LogP) is 5.32. The number of amides is 1. The third-order valence-electron chi connectivity index (χ3n) is 6.75. The highest BCUT2D eigenvalue weighted by Gasteiger charge is 2.24. The molecule has 0 radical (unpaired) electrons. The van der Waals surface area contributed by atoms with Crippen molar-refractivity contribution in [1.82, 2.24) is 20.3 Å². The first-order chi connectivity index (χ1) is 20.2. The molecule has 4 aromatic rings. The van der Waals surface area contributed by atoms with Gasteiger partial charge in [-0.15, -0.1) is 0 Å². The summed E-state index contributed by atoms with van der Waals surface area (Å²) in [5, 5.41) is 12.2. The molecule has 0 aliphatic carbocycles. The van der Waals surface area contributed by atoms with Gasteiger partial charge in [-0.3, -0.25) is 4.79 Å². The Kier molecular flexibility index (Phi) is 10.7. The number of carboxylic acid groups (broad SMARTS) is 1. The third kappa shape index (κ3) is 8.39. The molecule has 3 N–H and O–H groups in total. The zero-order valence-corrected chi connectivity index (χ0v) is 24.1.